The van der Waals surface area contributed by atoms with Gasteiger partial charge in [0.2, 0.25) is 5.78 Å². The van der Waals surface area contributed by atoms with Crippen LogP contribution in [0, 0.1) is 0 Å². The lowest BCUT2D eigenvalue weighted by Crippen LogP contribution is -2.21. The summed E-state index contributed by atoms with van der Waals surface area (Å²) in [7, 11) is 3.95. The summed E-state index contributed by atoms with van der Waals surface area (Å²) in [5, 5.41) is 4.53. The van der Waals surface area contributed by atoms with E-state index in [0.717, 1.165) is 13.0 Å². The number of allylic oxidation sites excluding steroid dienone is 2. The van der Waals surface area contributed by atoms with Crippen LogP contribution >= 0.6 is 11.6 Å². The summed E-state index contributed by atoms with van der Waals surface area (Å²) >= 11 is 5.98. The molecule has 0 saturated heterocycles. The fourth-order valence-corrected chi connectivity index (χ4v) is 1.61. The highest BCUT2D eigenvalue weighted by atomic mass is 35.5. The maximum absolute atomic E-state index is 11.9. The van der Waals surface area contributed by atoms with E-state index in [9.17, 15) is 4.79 Å². The van der Waals surface area contributed by atoms with Crippen molar-refractivity contribution in [2.75, 3.05) is 20.6 Å². The van der Waals surface area contributed by atoms with Gasteiger partial charge in [-0.1, -0.05) is 24.6 Å². The van der Waals surface area contributed by atoms with Crippen molar-refractivity contribution in [2.24, 2.45) is 0 Å². The molecule has 0 N–H and O–H groups in total. The first-order chi connectivity index (χ1) is 8.06. The Labute approximate surface area is 107 Å². The molecule has 1 aromatic rings. The second-order valence-electron chi connectivity index (χ2n) is 4.04. The monoisotopic (exact) mass is 255 g/mol. The third kappa shape index (κ3) is 3.98. The van der Waals surface area contributed by atoms with Crippen molar-refractivity contribution in [1.29, 1.82) is 0 Å². The summed E-state index contributed by atoms with van der Waals surface area (Å²) in [6.45, 7) is 3.45. The molecule has 0 unspecified atom stereocenters. The molecule has 5 heteroatoms. The molecule has 1 aromatic heterocycles. The summed E-state index contributed by atoms with van der Waals surface area (Å²) in [5.41, 5.74) is 0.471. The molecule has 0 spiro atoms. The van der Waals surface area contributed by atoms with Gasteiger partial charge in [0, 0.05) is 6.54 Å². The van der Waals surface area contributed by atoms with E-state index in [-0.39, 0.29) is 5.78 Å². The molecule has 0 fully saturated rings. The van der Waals surface area contributed by atoms with Gasteiger partial charge in [-0.15, -0.1) is 0 Å². The Bertz CT molecular complexity index is 410. The number of likely N-dealkylation sites (N-methyl/N-ethyl adjacent to an activating group) is 1. The number of aromatic nitrogens is 2. The predicted molar refractivity (Wildman–Crippen MR) is 69.6 cm³/mol. The van der Waals surface area contributed by atoms with Gasteiger partial charge >= 0.3 is 0 Å². The molecular weight excluding hydrogens is 238 g/mol. The summed E-state index contributed by atoms with van der Waals surface area (Å²) in [5.74, 6) is -0.0897. The Balaban J connectivity index is 2.86. The smallest absolute Gasteiger partial charge is 0.205 e. The van der Waals surface area contributed by atoms with E-state index in [1.165, 1.54) is 6.20 Å². The molecule has 0 bridgehead atoms. The summed E-state index contributed by atoms with van der Waals surface area (Å²) in [6.07, 6.45) is 5.72. The Morgan fingerprint density at radius 2 is 2.29 bits per heavy atom. The molecular formula is C12H18ClN3O. The molecule has 0 radical (unpaired) electrons. The molecule has 1 rings (SSSR count). The number of carbonyl (C=O) groups excluding carboxylic acids is 1. The maximum atomic E-state index is 11.9. The first-order valence-corrected chi connectivity index (χ1v) is 6.01. The highest BCUT2D eigenvalue weighted by molar-refractivity contribution is 6.34. The summed E-state index contributed by atoms with van der Waals surface area (Å²) < 4.78 is 1.66. The lowest BCUT2D eigenvalue weighted by molar-refractivity contribution is 0.103. The molecule has 94 valence electrons. The fraction of sp³-hybridized carbons (Fsp3) is 0.500. The van der Waals surface area contributed by atoms with Gasteiger partial charge in [0.25, 0.3) is 0 Å². The topological polar surface area (TPSA) is 38.1 Å². The standard InChI is InChI=1S/C12H18ClN3O/c1-4-5-6-11(17)12-10(13)9-14-16(12)8-7-15(2)3/h5-6,9H,4,7-8H2,1-3H3/b6-5+. The average Bonchev–Trinajstić information content (AvgIpc) is 2.64. The fourth-order valence-electron chi connectivity index (χ4n) is 1.38. The van der Waals surface area contributed by atoms with Crippen molar-refractivity contribution in [3.63, 3.8) is 0 Å². The van der Waals surface area contributed by atoms with Gasteiger partial charge in [-0.2, -0.15) is 5.10 Å². The quantitative estimate of drug-likeness (QED) is 0.578. The number of hydrogen-bond donors (Lipinski definition) is 0. The van der Waals surface area contributed by atoms with Crippen molar-refractivity contribution < 1.29 is 4.79 Å². The molecule has 0 aromatic carbocycles. The van der Waals surface area contributed by atoms with E-state index in [1.807, 2.05) is 32.0 Å². The predicted octanol–water partition coefficient (Wildman–Crippen LogP) is 2.25. The third-order valence-corrected chi connectivity index (χ3v) is 2.57. The number of ketones is 1. The van der Waals surface area contributed by atoms with Crippen molar-refractivity contribution in [3.8, 4) is 0 Å². The first kappa shape index (κ1) is 13.9. The van der Waals surface area contributed by atoms with Gasteiger partial charge in [-0.05, 0) is 26.6 Å². The van der Waals surface area contributed by atoms with Crippen LogP contribution in [0.25, 0.3) is 0 Å². The van der Waals surface area contributed by atoms with Crippen LogP contribution in [-0.2, 0) is 6.54 Å². The van der Waals surface area contributed by atoms with E-state index in [4.69, 9.17) is 11.6 Å². The zero-order valence-corrected chi connectivity index (χ0v) is 11.2. The number of rotatable bonds is 6. The van der Waals surface area contributed by atoms with Crippen molar-refractivity contribution in [2.45, 2.75) is 19.9 Å². The van der Waals surface area contributed by atoms with E-state index in [1.54, 1.807) is 10.8 Å². The number of halogens is 1. The Kier molecular flexibility index (Phi) is 5.38. The highest BCUT2D eigenvalue weighted by Crippen LogP contribution is 2.16. The van der Waals surface area contributed by atoms with Crippen LogP contribution in [0.5, 0.6) is 0 Å². The molecule has 0 aliphatic carbocycles. The normalized spacial score (nSPS) is 11.6. The van der Waals surface area contributed by atoms with Gasteiger partial charge in [-0.3, -0.25) is 9.48 Å². The lowest BCUT2D eigenvalue weighted by Gasteiger charge is -2.10. The molecule has 0 aliphatic rings. The molecule has 0 amide bonds. The molecule has 4 nitrogen and oxygen atoms in total. The second kappa shape index (κ2) is 6.57. The zero-order chi connectivity index (χ0) is 12.8. The Morgan fingerprint density at radius 3 is 2.88 bits per heavy atom. The van der Waals surface area contributed by atoms with Crippen molar-refractivity contribution in [3.05, 3.63) is 29.1 Å². The molecule has 0 aliphatic heterocycles. The van der Waals surface area contributed by atoms with Crippen LogP contribution in [0.4, 0.5) is 0 Å². The van der Waals surface area contributed by atoms with Gasteiger partial charge in [-0.25, -0.2) is 0 Å². The van der Waals surface area contributed by atoms with E-state index >= 15 is 0 Å². The number of nitrogens with zero attached hydrogens (tertiary/aromatic N) is 3. The Morgan fingerprint density at radius 1 is 1.59 bits per heavy atom. The van der Waals surface area contributed by atoms with Gasteiger partial charge < -0.3 is 4.90 Å². The van der Waals surface area contributed by atoms with E-state index < -0.39 is 0 Å². The second-order valence-corrected chi connectivity index (χ2v) is 4.45. The number of hydrogen-bond acceptors (Lipinski definition) is 3. The Hall–Kier alpha value is -1.13. The minimum absolute atomic E-state index is 0.0897. The minimum Gasteiger partial charge on any atom is -0.308 e. The first-order valence-electron chi connectivity index (χ1n) is 5.63. The van der Waals surface area contributed by atoms with Crippen LogP contribution in [0.1, 0.15) is 23.8 Å². The number of carbonyl (C=O) groups is 1. The van der Waals surface area contributed by atoms with Crippen LogP contribution in [0.2, 0.25) is 5.02 Å². The van der Waals surface area contributed by atoms with Crippen LogP contribution < -0.4 is 0 Å². The van der Waals surface area contributed by atoms with Crippen LogP contribution in [-0.4, -0.2) is 41.1 Å². The van der Waals surface area contributed by atoms with Gasteiger partial charge in [0.05, 0.1) is 17.8 Å². The minimum atomic E-state index is -0.0897. The maximum Gasteiger partial charge on any atom is 0.205 e. The summed E-state index contributed by atoms with van der Waals surface area (Å²) in [4.78, 5) is 13.9. The molecule has 17 heavy (non-hydrogen) atoms. The van der Waals surface area contributed by atoms with Gasteiger partial charge in [0.1, 0.15) is 5.69 Å². The van der Waals surface area contributed by atoms with Crippen molar-refractivity contribution in [1.82, 2.24) is 14.7 Å². The van der Waals surface area contributed by atoms with Crippen LogP contribution in [0.15, 0.2) is 18.3 Å². The molecule has 1 heterocycles. The third-order valence-electron chi connectivity index (χ3n) is 2.29. The van der Waals surface area contributed by atoms with Crippen molar-refractivity contribution >= 4 is 17.4 Å². The largest absolute Gasteiger partial charge is 0.308 e. The lowest BCUT2D eigenvalue weighted by atomic mass is 10.2. The van der Waals surface area contributed by atoms with E-state index in [2.05, 4.69) is 5.10 Å². The van der Waals surface area contributed by atoms with E-state index in [0.29, 0.717) is 17.3 Å². The highest BCUT2D eigenvalue weighted by Gasteiger charge is 2.14. The average molecular weight is 256 g/mol. The molecule has 0 saturated carbocycles. The molecule has 0 atom stereocenters. The SMILES string of the molecule is CC/C=C/C(=O)c1c(Cl)cnn1CCN(C)C. The summed E-state index contributed by atoms with van der Waals surface area (Å²) in [6, 6.07) is 0. The van der Waals surface area contributed by atoms with Gasteiger partial charge in [0.15, 0.2) is 0 Å². The zero-order valence-electron chi connectivity index (χ0n) is 10.5. The van der Waals surface area contributed by atoms with Crippen LogP contribution in [0.3, 0.4) is 0 Å².